The minimum Gasteiger partial charge on any atom is -0.508 e. The fourth-order valence-corrected chi connectivity index (χ4v) is 6.41. The van der Waals surface area contributed by atoms with Gasteiger partial charge in [0.15, 0.2) is 22.7 Å². The molecule has 1 fully saturated rings. The Morgan fingerprint density at radius 2 is 1.77 bits per heavy atom. The number of benzene rings is 1. The van der Waals surface area contributed by atoms with Crippen molar-refractivity contribution in [2.45, 2.75) is 57.9 Å². The molecule has 0 aliphatic heterocycles. The molecule has 0 heterocycles. The number of fused-ring (bicyclic) bond motifs is 3. The number of ketones is 2. The average Bonchev–Trinajstić information content (AvgIpc) is 2.81. The van der Waals surface area contributed by atoms with E-state index in [-0.39, 0.29) is 28.8 Å². The normalized spacial score (nSPS) is 30.9. The molecule has 0 aromatic heterocycles. The molecule has 3 aliphatic rings. The lowest BCUT2D eigenvalue weighted by atomic mass is 9.54. The third-order valence-corrected chi connectivity index (χ3v) is 8.22. The van der Waals surface area contributed by atoms with Gasteiger partial charge in [0.1, 0.15) is 11.5 Å². The number of aromatic hydroxyl groups is 1. The zero-order valence-electron chi connectivity index (χ0n) is 23.1. The van der Waals surface area contributed by atoms with E-state index in [1.54, 1.807) is 19.1 Å². The number of Topliss-reactive ketones (excluding diaryl/α,β-unsaturated/α-hetero) is 2. The molecule has 0 saturated heterocycles. The van der Waals surface area contributed by atoms with E-state index in [0.29, 0.717) is 17.7 Å². The summed E-state index contributed by atoms with van der Waals surface area (Å²) in [6.07, 6.45) is -1.59. The molecule has 212 valence electrons. The van der Waals surface area contributed by atoms with Gasteiger partial charge in [-0.3, -0.25) is 20.2 Å². The van der Waals surface area contributed by atoms with Crippen molar-refractivity contribution in [3.05, 3.63) is 45.7 Å². The van der Waals surface area contributed by atoms with Crippen LogP contribution >= 0.6 is 0 Å². The van der Waals surface area contributed by atoms with Gasteiger partial charge in [-0.05, 0) is 31.0 Å². The average molecular weight is 545 g/mol. The first kappa shape index (κ1) is 28.9. The van der Waals surface area contributed by atoms with E-state index < -0.39 is 70.1 Å². The number of carbonyl (C=O) groups excluding carboxylic acids is 3. The van der Waals surface area contributed by atoms with E-state index in [4.69, 9.17) is 0 Å². The van der Waals surface area contributed by atoms with Gasteiger partial charge >= 0.3 is 5.91 Å². The predicted octanol–water partition coefficient (Wildman–Crippen LogP) is -0.0853. The molecule has 1 amide bonds. The Bertz CT molecular complexity index is 1320. The van der Waals surface area contributed by atoms with Crippen LogP contribution in [0.5, 0.6) is 5.75 Å². The first-order valence-corrected chi connectivity index (χ1v) is 12.9. The molecule has 11 heteroatoms. The highest BCUT2D eigenvalue weighted by Gasteiger charge is 2.68. The minimum absolute atomic E-state index is 0.000573. The van der Waals surface area contributed by atoms with Gasteiger partial charge in [0.05, 0.1) is 23.6 Å². The van der Waals surface area contributed by atoms with Crippen molar-refractivity contribution in [1.29, 1.82) is 0 Å². The van der Waals surface area contributed by atoms with E-state index in [1.165, 1.54) is 19.0 Å². The van der Waals surface area contributed by atoms with Crippen LogP contribution in [0, 0.1) is 17.3 Å². The predicted molar refractivity (Wildman–Crippen MR) is 140 cm³/mol. The smallest absolute Gasteiger partial charge is 0.348 e. The van der Waals surface area contributed by atoms with E-state index in [1.807, 2.05) is 0 Å². The maximum Gasteiger partial charge on any atom is 0.348 e. The fourth-order valence-electron chi connectivity index (χ4n) is 6.41. The third-order valence-electron chi connectivity index (χ3n) is 8.22. The molecule has 9 N–H and O–H groups in total. The Morgan fingerprint density at radius 1 is 1.15 bits per heavy atom. The first-order chi connectivity index (χ1) is 18.0. The molecule has 1 saturated carbocycles. The minimum atomic E-state index is -2.89. The highest BCUT2D eigenvalue weighted by Crippen LogP contribution is 2.56. The van der Waals surface area contributed by atoms with Gasteiger partial charge in [0.2, 0.25) is 5.78 Å². The molecule has 0 radical (unpaired) electrons. The number of nitrogens with one attached hydrogen (secondary N) is 1. The quantitative estimate of drug-likeness (QED) is 0.246. The van der Waals surface area contributed by atoms with Crippen molar-refractivity contribution in [3.8, 4) is 5.75 Å². The summed E-state index contributed by atoms with van der Waals surface area (Å²) in [5.74, 6) is -8.43. The number of carbonyl (C=O) groups is 3. The summed E-state index contributed by atoms with van der Waals surface area (Å²) in [4.78, 5) is 40.9. The lowest BCUT2D eigenvalue weighted by Gasteiger charge is -2.53. The number of quaternary nitrogens is 1. The second kappa shape index (κ2) is 9.53. The Kier molecular flexibility index (Phi) is 7.06. The topological polar surface area (TPSA) is 195 Å². The first-order valence-electron chi connectivity index (χ1n) is 12.9. The van der Waals surface area contributed by atoms with Crippen LogP contribution in [0.2, 0.25) is 0 Å². The molecule has 0 spiro atoms. The monoisotopic (exact) mass is 544 g/mol. The number of hydrogen-bond acceptors (Lipinski definition) is 10. The maximum absolute atomic E-state index is 14.0. The van der Waals surface area contributed by atoms with Gasteiger partial charge in [-0.1, -0.05) is 39.8 Å². The van der Waals surface area contributed by atoms with Crippen LogP contribution in [-0.4, -0.2) is 86.3 Å². The van der Waals surface area contributed by atoms with E-state index in [2.05, 4.69) is 31.8 Å². The number of phenols is 1. The second-order valence-electron chi connectivity index (χ2n) is 12.3. The highest BCUT2D eigenvalue weighted by molar-refractivity contribution is 6.22. The molecule has 0 bridgehead atoms. The molecular weight excluding hydrogens is 506 g/mol. The van der Waals surface area contributed by atoms with Crippen LogP contribution < -0.4 is 11.1 Å². The van der Waals surface area contributed by atoms with Gasteiger partial charge in [-0.2, -0.15) is 0 Å². The summed E-state index contributed by atoms with van der Waals surface area (Å²) in [5.41, 5.74) is 0.0288. The molecule has 6 atom stereocenters. The lowest BCUT2D eigenvalue weighted by Crippen LogP contribution is -2.72. The Balaban J connectivity index is 1.92. The molecule has 11 nitrogen and oxygen atoms in total. The van der Waals surface area contributed by atoms with Gasteiger partial charge in [-0.25, -0.2) is 4.79 Å². The van der Waals surface area contributed by atoms with E-state index in [9.17, 15) is 39.9 Å². The SMILES string of the molecule is CC1c2ccc(CNCC(C)(C)C)c(O)c2C(O)=C2C(=O)C3(O)C(O)=C(C([NH3+])=O)C(=O)C(N(C)C)C3C(O)C21. The molecule has 1 aromatic rings. The number of aliphatic hydroxyl groups is 4. The Hall–Kier alpha value is -3.09. The highest BCUT2D eigenvalue weighted by atomic mass is 16.4. The number of amides is 1. The molecule has 1 aromatic carbocycles. The van der Waals surface area contributed by atoms with Gasteiger partial charge in [0, 0.05) is 30.1 Å². The Morgan fingerprint density at radius 3 is 2.31 bits per heavy atom. The maximum atomic E-state index is 14.0. The van der Waals surface area contributed by atoms with Crippen LogP contribution in [0.25, 0.3) is 5.76 Å². The van der Waals surface area contributed by atoms with Gasteiger partial charge in [-0.15, -0.1) is 0 Å². The van der Waals surface area contributed by atoms with Crippen LogP contribution in [-0.2, 0) is 20.9 Å². The summed E-state index contributed by atoms with van der Waals surface area (Å²) in [5, 5.41) is 60.2. The number of likely N-dealkylation sites (N-methyl/N-ethyl adjacent to an activating group) is 1. The lowest BCUT2D eigenvalue weighted by molar-refractivity contribution is -0.299. The standard InChI is InChI=1S/C28H37N3O8/c1-11-13-8-7-12(9-30-10-27(2,3)4)20(32)15(13)21(33)16-14(11)22(34)18-19(31(5)6)23(35)17(26(29)38)25(37)28(18,39)24(16)36/h7-8,11,14,18-19,22,30,32-34,37,39H,9-10H2,1-6H3,(H2,29,38)/p+1. The number of hydrogen-bond donors (Lipinski definition) is 7. The van der Waals surface area contributed by atoms with Crippen LogP contribution in [0.4, 0.5) is 0 Å². The number of phenolic OH excluding ortho intramolecular Hbond substituents is 1. The van der Waals surface area contributed by atoms with Crippen LogP contribution in [0.3, 0.4) is 0 Å². The molecule has 3 aliphatic carbocycles. The molecule has 6 unspecified atom stereocenters. The van der Waals surface area contributed by atoms with Crippen molar-refractivity contribution in [2.75, 3.05) is 20.6 Å². The Labute approximate surface area is 226 Å². The summed E-state index contributed by atoms with van der Waals surface area (Å²) < 4.78 is 0. The fraction of sp³-hybridized carbons (Fsp3) is 0.536. The van der Waals surface area contributed by atoms with E-state index >= 15 is 0 Å². The number of aliphatic hydroxyl groups excluding tert-OH is 3. The summed E-state index contributed by atoms with van der Waals surface area (Å²) >= 11 is 0. The summed E-state index contributed by atoms with van der Waals surface area (Å²) in [6, 6.07) is 2.08. The van der Waals surface area contributed by atoms with Gasteiger partial charge < -0.3 is 30.8 Å². The van der Waals surface area contributed by atoms with Crippen molar-refractivity contribution in [1.82, 2.24) is 10.2 Å². The summed E-state index contributed by atoms with van der Waals surface area (Å²) in [6.45, 7) is 8.81. The zero-order valence-corrected chi connectivity index (χ0v) is 23.1. The van der Waals surface area contributed by atoms with Crippen molar-refractivity contribution in [2.24, 2.45) is 17.3 Å². The van der Waals surface area contributed by atoms with Crippen LogP contribution in [0.15, 0.2) is 29.0 Å². The zero-order chi connectivity index (χ0) is 29.4. The van der Waals surface area contributed by atoms with Crippen molar-refractivity contribution >= 4 is 23.2 Å². The van der Waals surface area contributed by atoms with Crippen molar-refractivity contribution in [3.63, 3.8) is 0 Å². The van der Waals surface area contributed by atoms with Crippen LogP contribution in [0.1, 0.15) is 50.3 Å². The molecule has 4 rings (SSSR count). The third kappa shape index (κ3) is 4.20. The number of nitrogens with zero attached hydrogens (tertiary/aromatic N) is 1. The summed E-state index contributed by atoms with van der Waals surface area (Å²) in [7, 11) is 2.98. The van der Waals surface area contributed by atoms with Gasteiger partial charge in [0.25, 0.3) is 0 Å². The number of rotatable bonds is 5. The van der Waals surface area contributed by atoms with Crippen molar-refractivity contribution < 1.29 is 45.6 Å². The molecular formula is C28H38N3O8+. The second-order valence-corrected chi connectivity index (χ2v) is 12.3. The molecule has 39 heavy (non-hydrogen) atoms. The van der Waals surface area contributed by atoms with E-state index in [0.717, 1.165) is 0 Å². The largest absolute Gasteiger partial charge is 0.508 e.